The first-order chi connectivity index (χ1) is 14.6. The number of nitrogens with one attached hydrogen (secondary N) is 1. The van der Waals surface area contributed by atoms with E-state index in [2.05, 4.69) is 24.9 Å². The predicted molar refractivity (Wildman–Crippen MR) is 128 cm³/mol. The van der Waals surface area contributed by atoms with Crippen LogP contribution in [0.5, 0.6) is 0 Å². The smallest absolute Gasteiger partial charge is 0.329 e. The van der Waals surface area contributed by atoms with Gasteiger partial charge in [-0.05, 0) is 6.42 Å². The highest BCUT2D eigenvalue weighted by molar-refractivity contribution is 7.80. The average Bonchev–Trinajstić information content (AvgIpc) is 2.73. The second kappa shape index (κ2) is 22.9. The van der Waals surface area contributed by atoms with Gasteiger partial charge < -0.3 is 14.8 Å². The molecule has 0 bridgehead atoms. The molecular weight excluding hydrogens is 398 g/mol. The van der Waals surface area contributed by atoms with Crippen LogP contribution in [-0.4, -0.2) is 43.5 Å². The van der Waals surface area contributed by atoms with E-state index < -0.39 is 12.0 Å². The molecule has 0 fully saturated rings. The van der Waals surface area contributed by atoms with E-state index in [-0.39, 0.29) is 11.7 Å². The molecule has 0 radical (unpaired) electrons. The molecule has 0 aromatic carbocycles. The van der Waals surface area contributed by atoms with Crippen molar-refractivity contribution >= 4 is 24.5 Å². The second-order valence-electron chi connectivity index (χ2n) is 8.17. The van der Waals surface area contributed by atoms with Gasteiger partial charge in [0, 0.05) is 32.3 Å². The predicted octanol–water partition coefficient (Wildman–Crippen LogP) is 5.85. The molecule has 0 saturated heterocycles. The molecule has 0 aromatic rings. The number of hydrogen-bond donors (Lipinski definition) is 2. The quantitative estimate of drug-likeness (QED) is 0.125. The van der Waals surface area contributed by atoms with Crippen LogP contribution in [0.1, 0.15) is 110 Å². The summed E-state index contributed by atoms with van der Waals surface area (Å²) in [6.45, 7) is 5.32. The maximum atomic E-state index is 11.8. The third kappa shape index (κ3) is 20.5. The van der Waals surface area contributed by atoms with Crippen molar-refractivity contribution in [3.63, 3.8) is 0 Å². The van der Waals surface area contributed by atoms with E-state index in [9.17, 15) is 9.59 Å². The van der Waals surface area contributed by atoms with E-state index in [0.29, 0.717) is 19.6 Å². The van der Waals surface area contributed by atoms with Crippen LogP contribution >= 0.6 is 12.6 Å². The summed E-state index contributed by atoms with van der Waals surface area (Å²) in [4.78, 5) is 22.8. The number of ether oxygens (including phenoxy) is 2. The number of unbranched alkanes of at least 4 members (excludes halogenated alkanes) is 13. The van der Waals surface area contributed by atoms with Gasteiger partial charge in [-0.15, -0.1) is 0 Å². The van der Waals surface area contributed by atoms with Crippen molar-refractivity contribution in [3.05, 3.63) is 0 Å². The summed E-state index contributed by atoms with van der Waals surface area (Å²) in [5, 5.41) is 2.52. The maximum absolute atomic E-state index is 11.8. The molecule has 0 aliphatic rings. The van der Waals surface area contributed by atoms with Crippen LogP contribution in [0.4, 0.5) is 0 Å². The Hall–Kier alpha value is -0.750. The Kier molecular flexibility index (Phi) is 22.4. The van der Waals surface area contributed by atoms with Gasteiger partial charge in [-0.1, -0.05) is 90.4 Å². The van der Waals surface area contributed by atoms with Crippen LogP contribution in [0.15, 0.2) is 0 Å². The first kappa shape index (κ1) is 29.2. The van der Waals surface area contributed by atoms with E-state index in [0.717, 1.165) is 13.0 Å². The van der Waals surface area contributed by atoms with Crippen molar-refractivity contribution < 1.29 is 19.1 Å². The minimum absolute atomic E-state index is 0.230. The van der Waals surface area contributed by atoms with Crippen LogP contribution < -0.4 is 5.32 Å². The van der Waals surface area contributed by atoms with Crippen LogP contribution in [-0.2, 0) is 19.1 Å². The Morgan fingerprint density at radius 3 is 1.67 bits per heavy atom. The van der Waals surface area contributed by atoms with Gasteiger partial charge in [0.15, 0.2) is 0 Å². The van der Waals surface area contributed by atoms with Gasteiger partial charge in [0.25, 0.3) is 0 Å². The van der Waals surface area contributed by atoms with Gasteiger partial charge in [0.1, 0.15) is 6.04 Å². The molecule has 0 heterocycles. The minimum Gasteiger partial charge on any atom is -0.464 e. The highest BCUT2D eigenvalue weighted by Crippen LogP contribution is 2.12. The van der Waals surface area contributed by atoms with Crippen molar-refractivity contribution in [1.29, 1.82) is 0 Å². The molecule has 0 spiro atoms. The Morgan fingerprint density at radius 2 is 1.20 bits per heavy atom. The summed E-state index contributed by atoms with van der Waals surface area (Å²) >= 11 is 4.05. The highest BCUT2D eigenvalue weighted by atomic mass is 32.1. The first-order valence-corrected chi connectivity index (χ1v) is 12.9. The molecule has 178 valence electrons. The number of carbonyl (C=O) groups is 2. The highest BCUT2D eigenvalue weighted by Gasteiger charge is 2.18. The van der Waals surface area contributed by atoms with Gasteiger partial charge in [-0.2, -0.15) is 12.6 Å². The zero-order valence-electron chi connectivity index (χ0n) is 19.6. The Labute approximate surface area is 190 Å². The summed E-state index contributed by atoms with van der Waals surface area (Å²) < 4.78 is 10.7. The van der Waals surface area contributed by atoms with Crippen molar-refractivity contribution in [2.45, 2.75) is 116 Å². The van der Waals surface area contributed by atoms with Crippen LogP contribution in [0, 0.1) is 0 Å². The summed E-state index contributed by atoms with van der Waals surface area (Å²) in [6, 6.07) is -0.678. The van der Waals surface area contributed by atoms with E-state index in [1.807, 2.05) is 0 Å². The van der Waals surface area contributed by atoms with Gasteiger partial charge in [-0.25, -0.2) is 4.79 Å². The molecule has 6 heteroatoms. The lowest BCUT2D eigenvalue weighted by Crippen LogP contribution is -2.42. The van der Waals surface area contributed by atoms with Crippen LogP contribution in [0.2, 0.25) is 0 Å². The van der Waals surface area contributed by atoms with E-state index >= 15 is 0 Å². The van der Waals surface area contributed by atoms with Gasteiger partial charge in [0.2, 0.25) is 5.91 Å². The Morgan fingerprint density at radius 1 is 0.733 bits per heavy atom. The lowest BCUT2D eigenvalue weighted by molar-refractivity contribution is -0.147. The topological polar surface area (TPSA) is 64.6 Å². The van der Waals surface area contributed by atoms with Crippen molar-refractivity contribution in [3.8, 4) is 0 Å². The molecule has 1 unspecified atom stereocenters. The molecule has 0 aliphatic heterocycles. The zero-order chi connectivity index (χ0) is 22.3. The number of amides is 1. The molecular formula is C24H47NO4S. The number of hydrogen-bond acceptors (Lipinski definition) is 5. The second-order valence-corrected chi connectivity index (χ2v) is 8.53. The average molecular weight is 446 g/mol. The standard InChI is InChI=1S/C24H47NO4S/c1-3-4-5-6-7-8-9-10-11-12-13-14-15-16-18-28-19-17-20-29-24(27)23(21-30)25-22(2)26/h23,30H,3-21H2,1-2H3,(H,25,26). The Balaban J connectivity index is 3.24. The summed E-state index contributed by atoms with van der Waals surface area (Å²) in [5.74, 6) is -0.469. The van der Waals surface area contributed by atoms with E-state index in [1.165, 1.54) is 90.4 Å². The number of rotatable bonds is 22. The van der Waals surface area contributed by atoms with E-state index in [1.54, 1.807) is 0 Å². The third-order valence-corrected chi connectivity index (χ3v) is 5.53. The number of esters is 1. The molecule has 1 atom stereocenters. The number of carbonyl (C=O) groups excluding carboxylic acids is 2. The van der Waals surface area contributed by atoms with Gasteiger partial charge >= 0.3 is 5.97 Å². The third-order valence-electron chi connectivity index (χ3n) is 5.16. The van der Waals surface area contributed by atoms with Crippen LogP contribution in [0.25, 0.3) is 0 Å². The number of thiol groups is 1. The summed E-state index contributed by atoms with van der Waals surface area (Å²) in [7, 11) is 0. The molecule has 1 amide bonds. The SMILES string of the molecule is CCCCCCCCCCCCCCCCOCCCOC(=O)C(CS)NC(C)=O. The first-order valence-electron chi connectivity index (χ1n) is 12.2. The van der Waals surface area contributed by atoms with E-state index in [4.69, 9.17) is 9.47 Å². The fourth-order valence-electron chi connectivity index (χ4n) is 3.36. The summed E-state index contributed by atoms with van der Waals surface area (Å²) in [5.41, 5.74) is 0. The molecule has 30 heavy (non-hydrogen) atoms. The lowest BCUT2D eigenvalue weighted by Gasteiger charge is -2.14. The Bertz CT molecular complexity index is 407. The van der Waals surface area contributed by atoms with Crippen molar-refractivity contribution in [1.82, 2.24) is 5.32 Å². The monoisotopic (exact) mass is 445 g/mol. The van der Waals surface area contributed by atoms with Crippen LogP contribution in [0.3, 0.4) is 0 Å². The summed E-state index contributed by atoms with van der Waals surface area (Å²) in [6.07, 6.45) is 19.6. The molecule has 0 saturated carbocycles. The maximum Gasteiger partial charge on any atom is 0.329 e. The molecule has 0 aromatic heterocycles. The fraction of sp³-hybridized carbons (Fsp3) is 0.917. The lowest BCUT2D eigenvalue weighted by atomic mass is 10.0. The van der Waals surface area contributed by atoms with Gasteiger partial charge in [-0.3, -0.25) is 4.79 Å². The normalized spacial score (nSPS) is 12.0. The zero-order valence-corrected chi connectivity index (χ0v) is 20.5. The van der Waals surface area contributed by atoms with Gasteiger partial charge in [0.05, 0.1) is 6.61 Å². The molecule has 5 nitrogen and oxygen atoms in total. The molecule has 0 aliphatic carbocycles. The molecule has 1 N–H and O–H groups in total. The largest absolute Gasteiger partial charge is 0.464 e. The van der Waals surface area contributed by atoms with Crippen molar-refractivity contribution in [2.75, 3.05) is 25.6 Å². The molecule has 0 rings (SSSR count). The van der Waals surface area contributed by atoms with Crippen molar-refractivity contribution in [2.24, 2.45) is 0 Å². The minimum atomic E-state index is -0.678. The fourth-order valence-corrected chi connectivity index (χ4v) is 3.60.